The van der Waals surface area contributed by atoms with Crippen molar-refractivity contribution in [2.75, 3.05) is 32.1 Å². The van der Waals surface area contributed by atoms with Crippen molar-refractivity contribution in [3.63, 3.8) is 0 Å². The summed E-state index contributed by atoms with van der Waals surface area (Å²) in [7, 11) is 4.09. The summed E-state index contributed by atoms with van der Waals surface area (Å²) in [6, 6.07) is 15.3. The lowest BCUT2D eigenvalue weighted by Gasteiger charge is -2.24. The Balaban J connectivity index is 1.65. The van der Waals surface area contributed by atoms with Gasteiger partial charge in [0, 0.05) is 38.1 Å². The number of hydrogen-bond acceptors (Lipinski definition) is 4. The summed E-state index contributed by atoms with van der Waals surface area (Å²) >= 11 is 0. The largest absolute Gasteiger partial charge is 0.329 e. The Morgan fingerprint density at radius 3 is 2.74 bits per heavy atom. The van der Waals surface area contributed by atoms with Gasteiger partial charge in [0.15, 0.2) is 0 Å². The molecular formula is C19H26N4. The molecule has 1 unspecified atom stereocenters. The van der Waals surface area contributed by atoms with E-state index < -0.39 is 0 Å². The minimum atomic E-state index is 0.659. The van der Waals surface area contributed by atoms with Gasteiger partial charge in [0.1, 0.15) is 5.82 Å². The minimum Gasteiger partial charge on any atom is -0.329 e. The van der Waals surface area contributed by atoms with Crippen molar-refractivity contribution in [2.45, 2.75) is 25.4 Å². The van der Waals surface area contributed by atoms with Crippen LogP contribution in [0.5, 0.6) is 0 Å². The molecule has 1 atom stereocenters. The molecule has 1 fully saturated rings. The van der Waals surface area contributed by atoms with Crippen LogP contribution in [0.15, 0.2) is 48.7 Å². The highest BCUT2D eigenvalue weighted by atomic mass is 15.2. The van der Waals surface area contributed by atoms with E-state index >= 15 is 0 Å². The van der Waals surface area contributed by atoms with E-state index in [1.807, 2.05) is 19.3 Å². The van der Waals surface area contributed by atoms with Gasteiger partial charge >= 0.3 is 0 Å². The van der Waals surface area contributed by atoms with Gasteiger partial charge in [-0.1, -0.05) is 24.3 Å². The summed E-state index contributed by atoms with van der Waals surface area (Å²) in [5.41, 5.74) is 2.44. The molecule has 2 aromatic rings. The van der Waals surface area contributed by atoms with Crippen molar-refractivity contribution in [3.05, 3.63) is 54.2 Å². The standard InChI is InChI=1S/C19H26N4/c1-20-14-18-9-6-12-23(18)15-16-10-11-19(21-13-16)22(2)17-7-4-3-5-8-17/h3-5,7-8,10-11,13,18,20H,6,9,12,14-15H2,1-2H3. The monoisotopic (exact) mass is 310 g/mol. The molecule has 0 amide bonds. The summed E-state index contributed by atoms with van der Waals surface area (Å²) in [4.78, 5) is 9.33. The Kier molecular flexibility index (Phi) is 5.26. The van der Waals surface area contributed by atoms with Gasteiger partial charge in [-0.2, -0.15) is 0 Å². The van der Waals surface area contributed by atoms with E-state index in [0.29, 0.717) is 6.04 Å². The van der Waals surface area contributed by atoms with Gasteiger partial charge in [0.05, 0.1) is 0 Å². The fourth-order valence-corrected chi connectivity index (χ4v) is 3.30. The second kappa shape index (κ2) is 7.57. The van der Waals surface area contributed by atoms with Crippen LogP contribution in [0.3, 0.4) is 0 Å². The molecule has 0 radical (unpaired) electrons. The third-order valence-electron chi connectivity index (χ3n) is 4.62. The number of nitrogens with zero attached hydrogens (tertiary/aromatic N) is 3. The molecule has 23 heavy (non-hydrogen) atoms. The molecule has 1 N–H and O–H groups in total. The Morgan fingerprint density at radius 2 is 2.04 bits per heavy atom. The maximum Gasteiger partial charge on any atom is 0.132 e. The lowest BCUT2D eigenvalue weighted by Crippen LogP contribution is -2.36. The molecule has 4 nitrogen and oxygen atoms in total. The lowest BCUT2D eigenvalue weighted by atomic mass is 10.2. The zero-order valence-corrected chi connectivity index (χ0v) is 14.1. The van der Waals surface area contributed by atoms with Gasteiger partial charge in [-0.25, -0.2) is 4.98 Å². The molecule has 1 aliphatic rings. The van der Waals surface area contributed by atoms with Gasteiger partial charge in [-0.05, 0) is 50.2 Å². The quantitative estimate of drug-likeness (QED) is 0.888. The molecule has 0 bridgehead atoms. The molecule has 122 valence electrons. The van der Waals surface area contributed by atoms with Crippen LogP contribution in [0.2, 0.25) is 0 Å². The smallest absolute Gasteiger partial charge is 0.132 e. The number of anilines is 2. The molecule has 1 aromatic carbocycles. The maximum absolute atomic E-state index is 4.65. The van der Waals surface area contributed by atoms with Gasteiger partial charge in [-0.3, -0.25) is 4.90 Å². The Hall–Kier alpha value is -1.91. The highest BCUT2D eigenvalue weighted by Gasteiger charge is 2.23. The first-order valence-electron chi connectivity index (χ1n) is 8.40. The molecular weight excluding hydrogens is 284 g/mol. The predicted octanol–water partition coefficient (Wildman–Crippen LogP) is 3.03. The molecule has 1 aliphatic heterocycles. The second-order valence-corrected chi connectivity index (χ2v) is 6.24. The summed E-state index contributed by atoms with van der Waals surface area (Å²) in [5.74, 6) is 0.980. The zero-order chi connectivity index (χ0) is 16.1. The molecule has 3 rings (SSSR count). The van der Waals surface area contributed by atoms with Crippen LogP contribution < -0.4 is 10.2 Å². The summed E-state index contributed by atoms with van der Waals surface area (Å²) in [6.45, 7) is 3.26. The highest BCUT2D eigenvalue weighted by molar-refractivity contribution is 5.58. The Morgan fingerprint density at radius 1 is 1.22 bits per heavy atom. The number of likely N-dealkylation sites (N-methyl/N-ethyl adjacent to an activating group) is 1. The van der Waals surface area contributed by atoms with Crippen molar-refractivity contribution < 1.29 is 0 Å². The average molecular weight is 310 g/mol. The van der Waals surface area contributed by atoms with E-state index in [1.165, 1.54) is 24.9 Å². The zero-order valence-electron chi connectivity index (χ0n) is 14.1. The van der Waals surface area contributed by atoms with Crippen molar-refractivity contribution in [3.8, 4) is 0 Å². The molecule has 0 saturated carbocycles. The molecule has 4 heteroatoms. The number of para-hydroxylation sites is 1. The summed E-state index contributed by atoms with van der Waals surface area (Å²) < 4.78 is 0. The number of nitrogens with one attached hydrogen (secondary N) is 1. The maximum atomic E-state index is 4.65. The Labute approximate surface area is 139 Å². The van der Waals surface area contributed by atoms with Crippen LogP contribution in [0.4, 0.5) is 11.5 Å². The van der Waals surface area contributed by atoms with Gasteiger partial charge in [0.25, 0.3) is 0 Å². The van der Waals surface area contributed by atoms with E-state index in [1.54, 1.807) is 0 Å². The van der Waals surface area contributed by atoms with Crippen LogP contribution in [-0.2, 0) is 6.54 Å². The van der Waals surface area contributed by atoms with Crippen LogP contribution in [0, 0.1) is 0 Å². The fourth-order valence-electron chi connectivity index (χ4n) is 3.30. The number of pyridine rings is 1. The van der Waals surface area contributed by atoms with Crippen LogP contribution in [-0.4, -0.2) is 43.1 Å². The van der Waals surface area contributed by atoms with Crippen molar-refractivity contribution in [1.82, 2.24) is 15.2 Å². The van der Waals surface area contributed by atoms with Crippen LogP contribution in [0.1, 0.15) is 18.4 Å². The van der Waals surface area contributed by atoms with Gasteiger partial charge in [-0.15, -0.1) is 0 Å². The average Bonchev–Trinajstić information content (AvgIpc) is 3.03. The topological polar surface area (TPSA) is 31.4 Å². The Bertz CT molecular complexity index is 597. The number of aromatic nitrogens is 1. The minimum absolute atomic E-state index is 0.659. The van der Waals surface area contributed by atoms with Gasteiger partial charge in [0.2, 0.25) is 0 Å². The van der Waals surface area contributed by atoms with E-state index in [9.17, 15) is 0 Å². The van der Waals surface area contributed by atoms with E-state index in [2.05, 4.69) is 63.5 Å². The summed E-state index contributed by atoms with van der Waals surface area (Å²) in [5, 5.41) is 3.30. The summed E-state index contributed by atoms with van der Waals surface area (Å²) in [6.07, 6.45) is 4.61. The van der Waals surface area contributed by atoms with Crippen molar-refractivity contribution in [1.29, 1.82) is 0 Å². The SMILES string of the molecule is CNCC1CCCN1Cc1ccc(N(C)c2ccccc2)nc1. The first-order valence-corrected chi connectivity index (χ1v) is 8.40. The molecule has 0 spiro atoms. The molecule has 1 aromatic heterocycles. The van der Waals surface area contributed by atoms with Crippen LogP contribution in [0.25, 0.3) is 0 Å². The molecule has 1 saturated heterocycles. The fraction of sp³-hybridized carbons (Fsp3) is 0.421. The second-order valence-electron chi connectivity index (χ2n) is 6.24. The predicted molar refractivity (Wildman–Crippen MR) is 96.1 cm³/mol. The number of hydrogen-bond donors (Lipinski definition) is 1. The number of benzene rings is 1. The van der Waals surface area contributed by atoms with Crippen molar-refractivity contribution >= 4 is 11.5 Å². The number of rotatable bonds is 6. The third-order valence-corrected chi connectivity index (χ3v) is 4.62. The van der Waals surface area contributed by atoms with E-state index in [-0.39, 0.29) is 0 Å². The first-order chi connectivity index (χ1) is 11.3. The van der Waals surface area contributed by atoms with Crippen LogP contribution >= 0.6 is 0 Å². The van der Waals surface area contributed by atoms with E-state index in [0.717, 1.165) is 24.6 Å². The molecule has 2 heterocycles. The highest BCUT2D eigenvalue weighted by Crippen LogP contribution is 2.23. The first kappa shape index (κ1) is 16.0. The van der Waals surface area contributed by atoms with Crippen molar-refractivity contribution in [2.24, 2.45) is 0 Å². The van der Waals surface area contributed by atoms with E-state index in [4.69, 9.17) is 0 Å². The van der Waals surface area contributed by atoms with Gasteiger partial charge < -0.3 is 10.2 Å². The normalized spacial score (nSPS) is 18.3. The third kappa shape index (κ3) is 3.89. The molecule has 0 aliphatic carbocycles. The number of likely N-dealkylation sites (tertiary alicyclic amines) is 1. The lowest BCUT2D eigenvalue weighted by molar-refractivity contribution is 0.242.